The Hall–Kier alpha value is -2.05. The largest absolute Gasteiger partial charge is 0.387 e. The lowest BCUT2D eigenvalue weighted by Gasteiger charge is -2.20. The van der Waals surface area contributed by atoms with Gasteiger partial charge in [-0.3, -0.25) is 4.57 Å². The predicted octanol–water partition coefficient (Wildman–Crippen LogP) is 0.0452. The van der Waals surface area contributed by atoms with E-state index in [1.54, 1.807) is 4.57 Å². The van der Waals surface area contributed by atoms with Crippen LogP contribution < -0.4 is 11.1 Å². The number of hydrogen-bond acceptors (Lipinski definition) is 10. The van der Waals surface area contributed by atoms with Gasteiger partial charge in [0.1, 0.15) is 24.6 Å². The van der Waals surface area contributed by atoms with Crippen LogP contribution >= 0.6 is 0 Å². The van der Waals surface area contributed by atoms with Crippen molar-refractivity contribution in [1.29, 1.82) is 0 Å². The third-order valence-electron chi connectivity index (χ3n) is 5.29. The van der Waals surface area contributed by atoms with E-state index in [0.29, 0.717) is 36.9 Å². The zero-order chi connectivity index (χ0) is 20.4. The number of aliphatic hydroxyl groups excluding tert-OH is 2. The van der Waals surface area contributed by atoms with Crippen LogP contribution in [0.15, 0.2) is 6.33 Å². The average Bonchev–Trinajstić information content (AvgIpc) is 3.42. The molecule has 2 aromatic rings. The van der Waals surface area contributed by atoms with E-state index in [2.05, 4.69) is 27.2 Å². The third kappa shape index (κ3) is 4.01. The second-order valence-corrected chi connectivity index (χ2v) is 7.38. The van der Waals surface area contributed by atoms with Crippen molar-refractivity contribution in [1.82, 2.24) is 19.5 Å². The number of nitrogens with one attached hydrogen (secondary N) is 1. The number of anilines is 2. The molecule has 29 heavy (non-hydrogen) atoms. The van der Waals surface area contributed by atoms with Crippen LogP contribution in [-0.2, 0) is 14.2 Å². The molecule has 0 bridgehead atoms. The summed E-state index contributed by atoms with van der Waals surface area (Å²) >= 11 is 0. The molecule has 160 valence electrons. The number of nitrogen functional groups attached to an aromatic ring is 1. The number of ether oxygens (including phenoxy) is 3. The predicted molar refractivity (Wildman–Crippen MR) is 104 cm³/mol. The van der Waals surface area contributed by atoms with Crippen LogP contribution in [0, 0.1) is 0 Å². The molecule has 11 nitrogen and oxygen atoms in total. The summed E-state index contributed by atoms with van der Waals surface area (Å²) in [4.78, 5) is 12.8. The molecular formula is C18H28N6O5. The van der Waals surface area contributed by atoms with Crippen molar-refractivity contribution in [2.75, 3.05) is 37.4 Å². The van der Waals surface area contributed by atoms with Gasteiger partial charge in [-0.1, -0.05) is 13.3 Å². The van der Waals surface area contributed by atoms with Crippen LogP contribution in [-0.4, -0.2) is 80.5 Å². The molecule has 0 unspecified atom stereocenters. The molecule has 4 heterocycles. The molecule has 0 amide bonds. The fraction of sp³-hybridized carbons (Fsp3) is 0.722. The number of hydrogen-bond donors (Lipinski definition) is 4. The SMILES string of the molecule is CCCCNc1nc2c(N)ncnc2n1[C@@H]1O[C@H](CO[C@@H]2CCOC2)[C@@H](O)[C@H]1O. The number of nitrogens with two attached hydrogens (primary N) is 1. The second-order valence-electron chi connectivity index (χ2n) is 7.38. The number of nitrogens with zero attached hydrogens (tertiary/aromatic N) is 4. The Bertz CT molecular complexity index is 826. The Morgan fingerprint density at radius 3 is 2.97 bits per heavy atom. The van der Waals surface area contributed by atoms with Crippen LogP contribution in [0.3, 0.4) is 0 Å². The summed E-state index contributed by atoms with van der Waals surface area (Å²) in [6.45, 7) is 4.13. The Balaban J connectivity index is 1.58. The minimum atomic E-state index is -1.18. The van der Waals surface area contributed by atoms with Crippen LogP contribution in [0.1, 0.15) is 32.4 Å². The fourth-order valence-corrected chi connectivity index (χ4v) is 3.62. The van der Waals surface area contributed by atoms with Gasteiger partial charge in [0.25, 0.3) is 0 Å². The molecule has 11 heteroatoms. The molecule has 5 N–H and O–H groups in total. The van der Waals surface area contributed by atoms with Crippen molar-refractivity contribution in [2.45, 2.75) is 56.8 Å². The van der Waals surface area contributed by atoms with E-state index in [1.165, 1.54) is 6.33 Å². The maximum atomic E-state index is 10.7. The highest BCUT2D eigenvalue weighted by atomic mass is 16.6. The van der Waals surface area contributed by atoms with E-state index in [1.807, 2.05) is 0 Å². The molecule has 0 aromatic carbocycles. The van der Waals surface area contributed by atoms with E-state index in [4.69, 9.17) is 19.9 Å². The van der Waals surface area contributed by atoms with Crippen molar-refractivity contribution in [3.63, 3.8) is 0 Å². The standard InChI is InChI=1S/C18H28N6O5/c1-2-3-5-20-18-23-12-15(19)21-9-22-16(12)24(18)17-14(26)13(25)11(29-17)8-28-10-4-6-27-7-10/h9-11,13-14,17,25-26H,2-8H2,1H3,(H,20,23)(H2,19,21,22)/t10-,11-,13-,14-,17-/m1/s1. The van der Waals surface area contributed by atoms with Gasteiger partial charge >= 0.3 is 0 Å². The zero-order valence-electron chi connectivity index (χ0n) is 16.4. The average molecular weight is 408 g/mol. The zero-order valence-corrected chi connectivity index (χ0v) is 16.4. The van der Waals surface area contributed by atoms with Crippen molar-refractivity contribution < 1.29 is 24.4 Å². The molecule has 0 spiro atoms. The molecule has 2 aromatic heterocycles. The van der Waals surface area contributed by atoms with Gasteiger partial charge < -0.3 is 35.5 Å². The van der Waals surface area contributed by atoms with Crippen molar-refractivity contribution >= 4 is 22.9 Å². The van der Waals surface area contributed by atoms with Gasteiger partial charge in [-0.05, 0) is 12.8 Å². The van der Waals surface area contributed by atoms with Crippen LogP contribution in [0.25, 0.3) is 11.2 Å². The van der Waals surface area contributed by atoms with Gasteiger partial charge in [0, 0.05) is 13.2 Å². The molecule has 2 aliphatic rings. The van der Waals surface area contributed by atoms with Crippen LogP contribution in [0.5, 0.6) is 0 Å². The number of rotatable bonds is 8. The Morgan fingerprint density at radius 1 is 1.34 bits per heavy atom. The minimum absolute atomic E-state index is 0.0186. The molecular weight excluding hydrogens is 380 g/mol. The first kappa shape index (κ1) is 20.2. The van der Waals surface area contributed by atoms with E-state index >= 15 is 0 Å². The lowest BCUT2D eigenvalue weighted by molar-refractivity contribution is -0.0804. The first-order valence-electron chi connectivity index (χ1n) is 10.0. The molecule has 2 saturated heterocycles. The highest BCUT2D eigenvalue weighted by molar-refractivity contribution is 5.84. The summed E-state index contributed by atoms with van der Waals surface area (Å²) in [5, 5.41) is 24.5. The van der Waals surface area contributed by atoms with Crippen molar-refractivity contribution in [3.05, 3.63) is 6.33 Å². The highest BCUT2D eigenvalue weighted by Gasteiger charge is 2.45. The fourth-order valence-electron chi connectivity index (χ4n) is 3.62. The third-order valence-corrected chi connectivity index (χ3v) is 5.29. The minimum Gasteiger partial charge on any atom is -0.387 e. The smallest absolute Gasteiger partial charge is 0.207 e. The lowest BCUT2D eigenvalue weighted by atomic mass is 10.1. The number of aliphatic hydroxyl groups is 2. The van der Waals surface area contributed by atoms with Gasteiger partial charge in [-0.15, -0.1) is 0 Å². The Morgan fingerprint density at radius 2 is 2.21 bits per heavy atom. The van der Waals surface area contributed by atoms with Crippen LogP contribution in [0.4, 0.5) is 11.8 Å². The molecule has 4 rings (SSSR count). The second kappa shape index (κ2) is 8.76. The first-order valence-corrected chi connectivity index (χ1v) is 10.0. The summed E-state index contributed by atoms with van der Waals surface area (Å²) in [6, 6.07) is 0. The van der Waals surface area contributed by atoms with Crippen molar-refractivity contribution in [3.8, 4) is 0 Å². The molecule has 5 atom stereocenters. The van der Waals surface area contributed by atoms with E-state index in [-0.39, 0.29) is 18.5 Å². The van der Waals surface area contributed by atoms with E-state index in [0.717, 1.165) is 19.3 Å². The molecule has 2 aliphatic heterocycles. The molecule has 0 saturated carbocycles. The quantitative estimate of drug-likeness (QED) is 0.441. The number of fused-ring (bicyclic) bond motifs is 1. The summed E-state index contributed by atoms with van der Waals surface area (Å²) in [7, 11) is 0. The molecule has 2 fully saturated rings. The Labute approximate surface area is 168 Å². The van der Waals surface area contributed by atoms with E-state index < -0.39 is 24.5 Å². The van der Waals surface area contributed by atoms with E-state index in [9.17, 15) is 10.2 Å². The van der Waals surface area contributed by atoms with Gasteiger partial charge in [-0.2, -0.15) is 0 Å². The van der Waals surface area contributed by atoms with Gasteiger partial charge in [-0.25, -0.2) is 15.0 Å². The van der Waals surface area contributed by atoms with Gasteiger partial charge in [0.2, 0.25) is 5.95 Å². The number of unbranched alkanes of at least 4 members (excludes halogenated alkanes) is 1. The molecule has 0 radical (unpaired) electrons. The maximum Gasteiger partial charge on any atom is 0.207 e. The summed E-state index contributed by atoms with van der Waals surface area (Å²) in [5.41, 5.74) is 6.80. The Kier molecular flexibility index (Phi) is 6.11. The normalized spacial score (nSPS) is 29.7. The lowest BCUT2D eigenvalue weighted by Crippen LogP contribution is -2.35. The number of aromatic nitrogens is 4. The van der Waals surface area contributed by atoms with Gasteiger partial charge in [0.05, 0.1) is 19.3 Å². The summed E-state index contributed by atoms with van der Waals surface area (Å²) in [6.07, 6.45) is 0.229. The maximum absolute atomic E-state index is 10.7. The first-order chi connectivity index (χ1) is 14.1. The van der Waals surface area contributed by atoms with Crippen LogP contribution in [0.2, 0.25) is 0 Å². The molecule has 0 aliphatic carbocycles. The summed E-state index contributed by atoms with van der Waals surface area (Å²) < 4.78 is 18.7. The topological polar surface area (TPSA) is 150 Å². The van der Waals surface area contributed by atoms with Crippen molar-refractivity contribution in [2.24, 2.45) is 0 Å². The summed E-state index contributed by atoms with van der Waals surface area (Å²) in [5.74, 6) is 0.698. The number of imidazole rings is 1. The van der Waals surface area contributed by atoms with Gasteiger partial charge in [0.15, 0.2) is 23.2 Å². The highest BCUT2D eigenvalue weighted by Crippen LogP contribution is 2.35. The monoisotopic (exact) mass is 408 g/mol.